The van der Waals surface area contributed by atoms with Crippen LogP contribution in [0.15, 0.2) is 52.9 Å². The predicted molar refractivity (Wildman–Crippen MR) is 120 cm³/mol. The summed E-state index contributed by atoms with van der Waals surface area (Å²) in [7, 11) is 0. The molecule has 7 heteroatoms. The Balaban J connectivity index is 1.54. The predicted octanol–water partition coefficient (Wildman–Crippen LogP) is 4.81. The number of hydrogen-bond acceptors (Lipinski definition) is 6. The fourth-order valence-corrected chi connectivity index (χ4v) is 3.84. The largest absolute Gasteiger partial charge is 0.490 e. The van der Waals surface area contributed by atoms with E-state index in [1.165, 1.54) is 0 Å². The second-order valence-electron chi connectivity index (χ2n) is 6.43. The topological polar surface area (TPSA) is 77.0 Å². The third-order valence-electron chi connectivity index (χ3n) is 4.35. The Morgan fingerprint density at radius 2 is 1.80 bits per heavy atom. The third kappa shape index (κ3) is 5.45. The van der Waals surface area contributed by atoms with Crippen LogP contribution in [0.3, 0.4) is 0 Å². The number of Topliss-reactive ketones (excluding diaryl/α,β-unsaturated/α-hetero) is 1. The number of fused-ring (bicyclic) bond motifs is 1. The summed E-state index contributed by atoms with van der Waals surface area (Å²) < 4.78 is 12.2. The van der Waals surface area contributed by atoms with E-state index in [0.29, 0.717) is 30.3 Å². The molecule has 2 aromatic carbocycles. The summed E-state index contributed by atoms with van der Waals surface area (Å²) in [6.07, 6.45) is 1.76. The Bertz CT molecular complexity index is 1060. The van der Waals surface area contributed by atoms with Gasteiger partial charge in [-0.3, -0.25) is 9.59 Å². The van der Waals surface area contributed by atoms with Crippen LogP contribution in [-0.4, -0.2) is 31.1 Å². The van der Waals surface area contributed by atoms with E-state index in [1.54, 1.807) is 35.8 Å². The van der Waals surface area contributed by atoms with Gasteiger partial charge in [-0.1, -0.05) is 18.2 Å². The Morgan fingerprint density at radius 3 is 2.60 bits per heavy atom. The standard InChI is InChI=1S/C23H24N2O4S/c1-3-28-20-11-9-16(13-21(20)29-4-2)19(26)10-12-23(27)25-24-14-17-15-30-22-8-6-5-7-18(17)22/h5-9,11,13-15H,3-4,10,12H2,1-2H3,(H,25,27)/b24-14+. The van der Waals surface area contributed by atoms with Gasteiger partial charge < -0.3 is 9.47 Å². The average molecular weight is 425 g/mol. The first-order valence-electron chi connectivity index (χ1n) is 9.83. The summed E-state index contributed by atoms with van der Waals surface area (Å²) in [4.78, 5) is 24.5. The van der Waals surface area contributed by atoms with Crippen LogP contribution in [0.2, 0.25) is 0 Å². The molecule has 0 aliphatic heterocycles. The number of ketones is 1. The van der Waals surface area contributed by atoms with E-state index in [2.05, 4.69) is 10.5 Å². The number of rotatable bonds is 10. The molecule has 156 valence electrons. The molecule has 0 aliphatic carbocycles. The molecular weight excluding hydrogens is 400 g/mol. The highest BCUT2D eigenvalue weighted by Crippen LogP contribution is 2.29. The second kappa shape index (κ2) is 10.5. The molecule has 0 bridgehead atoms. The van der Waals surface area contributed by atoms with E-state index in [-0.39, 0.29) is 24.5 Å². The van der Waals surface area contributed by atoms with Gasteiger partial charge in [0, 0.05) is 39.4 Å². The Kier molecular flexibility index (Phi) is 7.57. The molecule has 0 unspecified atom stereocenters. The van der Waals surface area contributed by atoms with Crippen LogP contribution in [0.25, 0.3) is 10.1 Å². The molecule has 0 atom stereocenters. The molecule has 0 radical (unpaired) electrons. The number of benzene rings is 2. The number of thiophene rings is 1. The summed E-state index contributed by atoms with van der Waals surface area (Å²) in [5.41, 5.74) is 3.93. The number of carbonyl (C=O) groups is 2. The van der Waals surface area contributed by atoms with Crippen LogP contribution in [0.5, 0.6) is 11.5 Å². The monoisotopic (exact) mass is 424 g/mol. The molecule has 0 saturated carbocycles. The maximum Gasteiger partial charge on any atom is 0.240 e. The first kappa shape index (κ1) is 21.5. The zero-order chi connectivity index (χ0) is 21.3. The van der Waals surface area contributed by atoms with Crippen LogP contribution in [0.1, 0.15) is 42.6 Å². The van der Waals surface area contributed by atoms with Crippen LogP contribution in [0.4, 0.5) is 0 Å². The Hall–Kier alpha value is -3.19. The number of nitrogens with one attached hydrogen (secondary N) is 1. The van der Waals surface area contributed by atoms with Gasteiger partial charge in [0.2, 0.25) is 5.91 Å². The van der Waals surface area contributed by atoms with Crippen LogP contribution in [-0.2, 0) is 4.79 Å². The summed E-state index contributed by atoms with van der Waals surface area (Å²) in [6, 6.07) is 13.1. The number of ether oxygens (including phenoxy) is 2. The van der Waals surface area contributed by atoms with Crippen molar-refractivity contribution in [2.75, 3.05) is 13.2 Å². The van der Waals surface area contributed by atoms with Crippen molar-refractivity contribution in [2.45, 2.75) is 26.7 Å². The van der Waals surface area contributed by atoms with Crippen LogP contribution >= 0.6 is 11.3 Å². The van der Waals surface area contributed by atoms with Crippen molar-refractivity contribution in [1.82, 2.24) is 5.43 Å². The smallest absolute Gasteiger partial charge is 0.240 e. The molecule has 6 nitrogen and oxygen atoms in total. The summed E-state index contributed by atoms with van der Waals surface area (Å²) in [5.74, 6) is 0.684. The minimum Gasteiger partial charge on any atom is -0.490 e. The van der Waals surface area contributed by atoms with Crippen molar-refractivity contribution in [3.63, 3.8) is 0 Å². The summed E-state index contributed by atoms with van der Waals surface area (Å²) in [6.45, 7) is 4.73. The molecule has 1 N–H and O–H groups in total. The van der Waals surface area contributed by atoms with Gasteiger partial charge in [0.1, 0.15) is 0 Å². The lowest BCUT2D eigenvalue weighted by molar-refractivity contribution is -0.121. The van der Waals surface area contributed by atoms with E-state index < -0.39 is 0 Å². The van der Waals surface area contributed by atoms with Gasteiger partial charge in [0.05, 0.1) is 19.4 Å². The van der Waals surface area contributed by atoms with Crippen LogP contribution < -0.4 is 14.9 Å². The molecule has 0 saturated heterocycles. The van der Waals surface area contributed by atoms with Crippen molar-refractivity contribution in [3.05, 3.63) is 59.0 Å². The molecule has 30 heavy (non-hydrogen) atoms. The fourth-order valence-electron chi connectivity index (χ4n) is 2.92. The van der Waals surface area contributed by atoms with Crippen LogP contribution in [0, 0.1) is 0 Å². The number of hydrogen-bond donors (Lipinski definition) is 1. The number of carbonyl (C=O) groups excluding carboxylic acids is 2. The second-order valence-corrected chi connectivity index (χ2v) is 7.34. The highest BCUT2D eigenvalue weighted by Gasteiger charge is 2.13. The normalized spacial score (nSPS) is 11.0. The molecular formula is C23H24N2O4S. The van der Waals surface area contributed by atoms with Gasteiger partial charge in [-0.05, 0) is 38.1 Å². The van der Waals surface area contributed by atoms with Crippen molar-refractivity contribution in [2.24, 2.45) is 5.10 Å². The zero-order valence-corrected chi connectivity index (χ0v) is 17.8. The van der Waals surface area contributed by atoms with E-state index in [0.717, 1.165) is 15.6 Å². The zero-order valence-electron chi connectivity index (χ0n) is 17.0. The first-order chi connectivity index (χ1) is 14.6. The number of nitrogens with zero attached hydrogens (tertiary/aromatic N) is 1. The van der Waals surface area contributed by atoms with Crippen molar-refractivity contribution < 1.29 is 19.1 Å². The van der Waals surface area contributed by atoms with Gasteiger partial charge in [0.15, 0.2) is 17.3 Å². The molecule has 0 aliphatic rings. The fraction of sp³-hybridized carbons (Fsp3) is 0.261. The SMILES string of the molecule is CCOc1ccc(C(=O)CCC(=O)N/N=C/c2csc3ccccc23)cc1OCC. The molecule has 0 spiro atoms. The third-order valence-corrected chi connectivity index (χ3v) is 5.33. The molecule has 0 fully saturated rings. The minimum atomic E-state index is -0.310. The molecule has 1 amide bonds. The minimum absolute atomic E-state index is 0.0533. The molecule has 3 aromatic rings. The number of hydrazone groups is 1. The Morgan fingerprint density at radius 1 is 1.03 bits per heavy atom. The van der Waals surface area contributed by atoms with Crippen molar-refractivity contribution >= 4 is 39.3 Å². The van der Waals surface area contributed by atoms with Crippen molar-refractivity contribution in [3.8, 4) is 11.5 Å². The maximum absolute atomic E-state index is 12.5. The highest BCUT2D eigenvalue weighted by molar-refractivity contribution is 7.17. The van der Waals surface area contributed by atoms with Crippen molar-refractivity contribution in [1.29, 1.82) is 0 Å². The molecule has 1 heterocycles. The Labute approximate surface area is 179 Å². The van der Waals surface area contributed by atoms with Gasteiger partial charge in [-0.25, -0.2) is 5.43 Å². The summed E-state index contributed by atoms with van der Waals surface area (Å²) >= 11 is 1.63. The van der Waals surface area contributed by atoms with Gasteiger partial charge in [0.25, 0.3) is 0 Å². The quantitative estimate of drug-likeness (QED) is 0.288. The van der Waals surface area contributed by atoms with E-state index in [4.69, 9.17) is 9.47 Å². The number of amides is 1. The first-order valence-corrected chi connectivity index (χ1v) is 10.7. The van der Waals surface area contributed by atoms with Gasteiger partial charge in [-0.15, -0.1) is 11.3 Å². The highest BCUT2D eigenvalue weighted by atomic mass is 32.1. The maximum atomic E-state index is 12.5. The van der Waals surface area contributed by atoms with Gasteiger partial charge in [-0.2, -0.15) is 5.10 Å². The lowest BCUT2D eigenvalue weighted by Crippen LogP contribution is -2.18. The van der Waals surface area contributed by atoms with E-state index in [9.17, 15) is 9.59 Å². The van der Waals surface area contributed by atoms with E-state index in [1.807, 2.05) is 43.5 Å². The average Bonchev–Trinajstić information content (AvgIpc) is 3.17. The lowest BCUT2D eigenvalue weighted by atomic mass is 10.1. The summed E-state index contributed by atoms with van der Waals surface area (Å²) in [5, 5.41) is 7.10. The lowest BCUT2D eigenvalue weighted by Gasteiger charge is -2.12. The van der Waals surface area contributed by atoms with E-state index >= 15 is 0 Å². The molecule has 1 aromatic heterocycles. The molecule has 3 rings (SSSR count). The van der Waals surface area contributed by atoms with Gasteiger partial charge >= 0.3 is 0 Å².